The Kier molecular flexibility index (Phi) is 5.21. The number of hydrogen-bond acceptors (Lipinski definition) is 3. The Morgan fingerprint density at radius 1 is 1.15 bits per heavy atom. The predicted octanol–water partition coefficient (Wildman–Crippen LogP) is 4.43. The van der Waals surface area contributed by atoms with Crippen LogP contribution in [0.3, 0.4) is 0 Å². The Balaban J connectivity index is 1.97. The molecule has 20 heavy (non-hydrogen) atoms. The molecule has 0 aliphatic heterocycles. The maximum atomic E-state index is 9.37. The number of phenols is 1. The van der Waals surface area contributed by atoms with E-state index in [1.807, 2.05) is 23.5 Å². The molecule has 0 bridgehead atoms. The summed E-state index contributed by atoms with van der Waals surface area (Å²) in [6, 6.07) is 12.7. The molecule has 2 atom stereocenters. The van der Waals surface area contributed by atoms with Crippen LogP contribution in [0, 0.1) is 6.92 Å². The molecule has 2 nitrogen and oxygen atoms in total. The molecule has 1 aromatic carbocycles. The lowest BCUT2D eigenvalue weighted by Crippen LogP contribution is -2.31. The molecule has 0 aliphatic rings. The second-order valence-electron chi connectivity index (χ2n) is 5.34. The lowest BCUT2D eigenvalue weighted by atomic mass is 10.0. The van der Waals surface area contributed by atoms with E-state index in [0.717, 1.165) is 12.8 Å². The van der Waals surface area contributed by atoms with Crippen LogP contribution in [0.4, 0.5) is 0 Å². The van der Waals surface area contributed by atoms with Crippen molar-refractivity contribution in [2.24, 2.45) is 0 Å². The van der Waals surface area contributed by atoms with Gasteiger partial charge in [-0.2, -0.15) is 0 Å². The molecular formula is C17H23NOS. The summed E-state index contributed by atoms with van der Waals surface area (Å²) in [5, 5.41) is 13.1. The number of thiophene rings is 1. The molecule has 108 valence electrons. The van der Waals surface area contributed by atoms with E-state index in [4.69, 9.17) is 0 Å². The first-order valence-corrected chi connectivity index (χ1v) is 8.00. The third-order valence-corrected chi connectivity index (χ3v) is 4.52. The molecule has 2 N–H and O–H groups in total. The van der Waals surface area contributed by atoms with Gasteiger partial charge in [-0.25, -0.2) is 0 Å². The van der Waals surface area contributed by atoms with E-state index in [9.17, 15) is 5.11 Å². The largest absolute Gasteiger partial charge is 0.508 e. The van der Waals surface area contributed by atoms with Crippen molar-refractivity contribution in [3.8, 4) is 5.75 Å². The van der Waals surface area contributed by atoms with Crippen molar-refractivity contribution < 1.29 is 5.11 Å². The molecule has 0 saturated heterocycles. The Morgan fingerprint density at radius 2 is 1.85 bits per heavy atom. The summed E-state index contributed by atoms with van der Waals surface area (Å²) in [6.45, 7) is 6.57. The van der Waals surface area contributed by atoms with Gasteiger partial charge in [-0.1, -0.05) is 19.1 Å². The third-order valence-electron chi connectivity index (χ3n) is 3.49. The fraction of sp³-hybridized carbons (Fsp3) is 0.412. The number of nitrogens with one attached hydrogen (secondary N) is 1. The van der Waals surface area contributed by atoms with Gasteiger partial charge in [0, 0.05) is 21.8 Å². The standard InChI is InChI=1S/C17H23NOS/c1-4-17(14-6-8-15(19)9-7-14)18-12(2)11-16-10-5-13(3)20-16/h5-10,12,17-19H,4,11H2,1-3H3. The van der Waals surface area contributed by atoms with Gasteiger partial charge >= 0.3 is 0 Å². The first kappa shape index (κ1) is 15.1. The zero-order valence-corrected chi connectivity index (χ0v) is 13.2. The molecule has 0 aliphatic carbocycles. The number of aryl methyl sites for hydroxylation is 1. The fourth-order valence-electron chi connectivity index (χ4n) is 2.46. The van der Waals surface area contributed by atoms with Crippen LogP contribution in [0.2, 0.25) is 0 Å². The summed E-state index contributed by atoms with van der Waals surface area (Å²) in [7, 11) is 0. The maximum Gasteiger partial charge on any atom is 0.115 e. The van der Waals surface area contributed by atoms with E-state index in [0.29, 0.717) is 17.8 Å². The number of benzene rings is 1. The topological polar surface area (TPSA) is 32.3 Å². The van der Waals surface area contributed by atoms with Gasteiger partial charge in [0.15, 0.2) is 0 Å². The van der Waals surface area contributed by atoms with Crippen LogP contribution in [0.5, 0.6) is 5.75 Å². The molecule has 0 saturated carbocycles. The van der Waals surface area contributed by atoms with Crippen LogP contribution in [0.1, 0.15) is 41.6 Å². The van der Waals surface area contributed by atoms with Gasteiger partial charge in [0.1, 0.15) is 5.75 Å². The van der Waals surface area contributed by atoms with Crippen LogP contribution in [0.15, 0.2) is 36.4 Å². The fourth-order valence-corrected chi connectivity index (χ4v) is 3.47. The van der Waals surface area contributed by atoms with Crippen molar-refractivity contribution >= 4 is 11.3 Å². The quantitative estimate of drug-likeness (QED) is 0.824. The van der Waals surface area contributed by atoms with Gasteiger partial charge in [0.2, 0.25) is 0 Å². The van der Waals surface area contributed by atoms with Gasteiger partial charge in [-0.05, 0) is 56.5 Å². The van der Waals surface area contributed by atoms with E-state index in [1.165, 1.54) is 15.3 Å². The van der Waals surface area contributed by atoms with Crippen molar-refractivity contribution in [3.05, 3.63) is 51.7 Å². The number of hydrogen-bond donors (Lipinski definition) is 2. The molecule has 1 aromatic heterocycles. The number of aromatic hydroxyl groups is 1. The minimum Gasteiger partial charge on any atom is -0.508 e. The van der Waals surface area contributed by atoms with E-state index < -0.39 is 0 Å². The van der Waals surface area contributed by atoms with Crippen molar-refractivity contribution in [1.82, 2.24) is 5.32 Å². The molecule has 3 heteroatoms. The minimum atomic E-state index is 0.325. The highest BCUT2D eigenvalue weighted by molar-refractivity contribution is 7.11. The first-order chi connectivity index (χ1) is 9.58. The van der Waals surface area contributed by atoms with Crippen LogP contribution in [-0.4, -0.2) is 11.1 Å². The lowest BCUT2D eigenvalue weighted by Gasteiger charge is -2.22. The Morgan fingerprint density at radius 3 is 2.40 bits per heavy atom. The lowest BCUT2D eigenvalue weighted by molar-refractivity contribution is 0.443. The second-order valence-corrected chi connectivity index (χ2v) is 6.71. The molecule has 0 spiro atoms. The van der Waals surface area contributed by atoms with Crippen LogP contribution < -0.4 is 5.32 Å². The minimum absolute atomic E-state index is 0.325. The van der Waals surface area contributed by atoms with Gasteiger partial charge in [-0.15, -0.1) is 11.3 Å². The molecule has 2 rings (SSSR count). The smallest absolute Gasteiger partial charge is 0.115 e. The Hall–Kier alpha value is -1.32. The molecule has 0 radical (unpaired) electrons. The summed E-state index contributed by atoms with van der Waals surface area (Å²) in [5.41, 5.74) is 1.24. The van der Waals surface area contributed by atoms with E-state index in [-0.39, 0.29) is 0 Å². The van der Waals surface area contributed by atoms with Crippen LogP contribution in [-0.2, 0) is 6.42 Å². The highest BCUT2D eigenvalue weighted by Crippen LogP contribution is 2.22. The van der Waals surface area contributed by atoms with Crippen molar-refractivity contribution in [2.45, 2.75) is 45.7 Å². The average molecular weight is 289 g/mol. The molecule has 2 unspecified atom stereocenters. The highest BCUT2D eigenvalue weighted by Gasteiger charge is 2.13. The SMILES string of the molecule is CCC(NC(C)Cc1ccc(C)s1)c1ccc(O)cc1. The maximum absolute atomic E-state index is 9.37. The Labute approximate surface area is 125 Å². The van der Waals surface area contributed by atoms with Gasteiger partial charge < -0.3 is 10.4 Å². The highest BCUT2D eigenvalue weighted by atomic mass is 32.1. The Bertz CT molecular complexity index is 532. The van der Waals surface area contributed by atoms with Crippen molar-refractivity contribution in [2.75, 3.05) is 0 Å². The van der Waals surface area contributed by atoms with Crippen LogP contribution >= 0.6 is 11.3 Å². The zero-order valence-electron chi connectivity index (χ0n) is 12.4. The summed E-state index contributed by atoms with van der Waals surface area (Å²) >= 11 is 1.88. The second kappa shape index (κ2) is 6.91. The first-order valence-electron chi connectivity index (χ1n) is 7.18. The summed E-state index contributed by atoms with van der Waals surface area (Å²) in [5.74, 6) is 0.325. The van der Waals surface area contributed by atoms with Crippen LogP contribution in [0.25, 0.3) is 0 Å². The molecule has 2 aromatic rings. The summed E-state index contributed by atoms with van der Waals surface area (Å²) in [6.07, 6.45) is 2.10. The molecular weight excluding hydrogens is 266 g/mol. The van der Waals surface area contributed by atoms with E-state index in [1.54, 1.807) is 12.1 Å². The van der Waals surface area contributed by atoms with Crippen molar-refractivity contribution in [3.63, 3.8) is 0 Å². The van der Waals surface area contributed by atoms with Gasteiger partial charge in [0.25, 0.3) is 0 Å². The predicted molar refractivity (Wildman–Crippen MR) is 86.5 cm³/mol. The average Bonchev–Trinajstić information content (AvgIpc) is 2.82. The third kappa shape index (κ3) is 4.09. The van der Waals surface area contributed by atoms with Gasteiger partial charge in [-0.3, -0.25) is 0 Å². The summed E-state index contributed by atoms with van der Waals surface area (Å²) < 4.78 is 0. The van der Waals surface area contributed by atoms with E-state index in [2.05, 4.69) is 38.2 Å². The molecule has 1 heterocycles. The molecule has 0 fully saturated rings. The number of phenolic OH excluding ortho intramolecular Hbond substituents is 1. The normalized spacial score (nSPS) is 14.2. The van der Waals surface area contributed by atoms with Crippen molar-refractivity contribution in [1.29, 1.82) is 0 Å². The molecule has 0 amide bonds. The monoisotopic (exact) mass is 289 g/mol. The number of rotatable bonds is 6. The zero-order chi connectivity index (χ0) is 14.5. The summed E-state index contributed by atoms with van der Waals surface area (Å²) in [4.78, 5) is 2.81. The van der Waals surface area contributed by atoms with Gasteiger partial charge in [0.05, 0.1) is 0 Å². The van der Waals surface area contributed by atoms with E-state index >= 15 is 0 Å².